The van der Waals surface area contributed by atoms with E-state index in [-0.39, 0.29) is 22.9 Å². The summed E-state index contributed by atoms with van der Waals surface area (Å²) in [6, 6.07) is 19.7. The van der Waals surface area contributed by atoms with E-state index in [0.717, 1.165) is 37.1 Å². The smallest absolute Gasteiger partial charge is 0.267 e. The maximum absolute atomic E-state index is 14.2. The van der Waals surface area contributed by atoms with Gasteiger partial charge in [-0.2, -0.15) is 0 Å². The third kappa shape index (κ3) is 12.3. The molecule has 3 aromatic heterocycles. The van der Waals surface area contributed by atoms with Gasteiger partial charge in [0, 0.05) is 24.5 Å². The lowest BCUT2D eigenvalue weighted by Gasteiger charge is -2.09. The number of amides is 2. The standard InChI is InChI=1S/C19H18FN3O2S.C18H22FN3O2/c20-16-10-13(11-22-8-7-15-2-1-9-26-15)3-6-18(16)25-14-4-5-17(19(21)24)23-12-14;1-2-3-4-9-21-11-13-5-8-17(15(19)10-13)24-14-6-7-16(18(20)23)22-12-14/h1-6,9-10,12,22H,7-8,11H2,(H2,21,24);5-8,10,12,21H,2-4,9,11H2,1H3,(H2,20,23). The zero-order chi connectivity index (χ0) is 35.7. The molecule has 6 N–H and O–H groups in total. The summed E-state index contributed by atoms with van der Waals surface area (Å²) in [5, 5.41) is 8.64. The topological polar surface area (TPSA) is 154 Å². The molecule has 0 spiro atoms. The van der Waals surface area contributed by atoms with E-state index < -0.39 is 23.4 Å². The molecule has 5 rings (SSSR count). The van der Waals surface area contributed by atoms with Gasteiger partial charge in [0.15, 0.2) is 23.1 Å². The number of hydrogen-bond acceptors (Lipinski definition) is 9. The van der Waals surface area contributed by atoms with Crippen LogP contribution >= 0.6 is 11.3 Å². The molecule has 0 saturated heterocycles. The Morgan fingerprint density at radius 2 is 1.28 bits per heavy atom. The number of nitrogens with zero attached hydrogens (tertiary/aromatic N) is 2. The average molecular weight is 703 g/mol. The van der Waals surface area contributed by atoms with Crippen molar-refractivity contribution in [3.05, 3.63) is 130 Å². The predicted molar refractivity (Wildman–Crippen MR) is 189 cm³/mol. The van der Waals surface area contributed by atoms with Gasteiger partial charge in [0.25, 0.3) is 11.8 Å². The van der Waals surface area contributed by atoms with Crippen LogP contribution < -0.4 is 31.6 Å². The number of thiophene rings is 1. The van der Waals surface area contributed by atoms with Crippen LogP contribution in [0.5, 0.6) is 23.0 Å². The summed E-state index contributed by atoms with van der Waals surface area (Å²) in [6.45, 7) is 5.11. The molecule has 3 heterocycles. The second-order valence-electron chi connectivity index (χ2n) is 11.1. The Labute approximate surface area is 293 Å². The maximum Gasteiger partial charge on any atom is 0.267 e. The van der Waals surface area contributed by atoms with Gasteiger partial charge >= 0.3 is 0 Å². The highest BCUT2D eigenvalue weighted by atomic mass is 32.1. The van der Waals surface area contributed by atoms with Crippen molar-refractivity contribution in [3.8, 4) is 23.0 Å². The first kappa shape index (κ1) is 37.6. The van der Waals surface area contributed by atoms with Gasteiger partial charge in [-0.15, -0.1) is 11.3 Å². The van der Waals surface area contributed by atoms with E-state index in [9.17, 15) is 18.4 Å². The molecule has 0 saturated carbocycles. The summed E-state index contributed by atoms with van der Waals surface area (Å²) in [7, 11) is 0. The Balaban J connectivity index is 0.000000226. The first-order valence-corrected chi connectivity index (χ1v) is 17.0. The molecule has 0 atom stereocenters. The molecule has 262 valence electrons. The van der Waals surface area contributed by atoms with Crippen LogP contribution in [-0.2, 0) is 19.5 Å². The van der Waals surface area contributed by atoms with Gasteiger partial charge in [-0.3, -0.25) is 9.59 Å². The predicted octanol–water partition coefficient (Wildman–Crippen LogP) is 6.90. The largest absolute Gasteiger partial charge is 0.453 e. The van der Waals surface area contributed by atoms with Gasteiger partial charge in [-0.05, 0) is 90.5 Å². The molecular formula is C37H40F2N6O4S. The third-order valence-corrected chi connectivity index (χ3v) is 8.11. The van der Waals surface area contributed by atoms with E-state index in [1.54, 1.807) is 23.5 Å². The average Bonchev–Trinajstić information content (AvgIpc) is 3.63. The number of pyridine rings is 2. The van der Waals surface area contributed by atoms with Gasteiger partial charge in [0.1, 0.15) is 22.9 Å². The number of rotatable bonds is 17. The SMILES string of the molecule is CCCCCNCc1ccc(Oc2ccc(C(N)=O)nc2)c(F)c1.NC(=O)c1ccc(Oc2ccc(CNCCc3cccs3)cc2F)cn1. The second kappa shape index (κ2) is 19.7. The number of primary amides is 2. The fourth-order valence-corrected chi connectivity index (χ4v) is 5.24. The van der Waals surface area contributed by atoms with Crippen molar-refractivity contribution in [1.82, 2.24) is 20.6 Å². The molecule has 2 amide bonds. The number of carbonyl (C=O) groups excluding carboxylic acids is 2. The molecular weight excluding hydrogens is 663 g/mol. The molecule has 0 unspecified atom stereocenters. The number of benzene rings is 2. The minimum Gasteiger partial charge on any atom is -0.453 e. The van der Waals surface area contributed by atoms with Crippen LogP contribution in [0.3, 0.4) is 0 Å². The molecule has 0 bridgehead atoms. The van der Waals surface area contributed by atoms with Crippen molar-refractivity contribution in [3.63, 3.8) is 0 Å². The van der Waals surface area contributed by atoms with Gasteiger partial charge in [0.05, 0.1) is 12.4 Å². The van der Waals surface area contributed by atoms with Crippen molar-refractivity contribution < 1.29 is 27.8 Å². The van der Waals surface area contributed by atoms with Crippen LogP contribution in [0.25, 0.3) is 0 Å². The Kier molecular flexibility index (Phi) is 14.8. The van der Waals surface area contributed by atoms with E-state index in [0.29, 0.717) is 24.6 Å². The number of aromatic nitrogens is 2. The summed E-state index contributed by atoms with van der Waals surface area (Å²) in [6.07, 6.45) is 7.11. The van der Waals surface area contributed by atoms with E-state index in [1.807, 2.05) is 18.2 Å². The maximum atomic E-state index is 14.2. The molecule has 0 aliphatic carbocycles. The van der Waals surface area contributed by atoms with Crippen molar-refractivity contribution in [2.75, 3.05) is 13.1 Å². The van der Waals surface area contributed by atoms with Gasteiger partial charge in [-0.25, -0.2) is 18.7 Å². The van der Waals surface area contributed by atoms with Crippen molar-refractivity contribution >= 4 is 23.2 Å². The minimum atomic E-state index is -0.626. The van der Waals surface area contributed by atoms with E-state index in [1.165, 1.54) is 66.5 Å². The lowest BCUT2D eigenvalue weighted by Crippen LogP contribution is -2.16. The Morgan fingerprint density at radius 1 is 0.740 bits per heavy atom. The van der Waals surface area contributed by atoms with Crippen LogP contribution in [-0.4, -0.2) is 34.9 Å². The summed E-state index contributed by atoms with van der Waals surface area (Å²) in [5.74, 6) is -1.27. The van der Waals surface area contributed by atoms with Crippen LogP contribution in [0.1, 0.15) is 63.2 Å². The number of ether oxygens (including phenoxy) is 2. The number of carbonyl (C=O) groups is 2. The number of halogens is 2. The van der Waals surface area contributed by atoms with E-state index in [4.69, 9.17) is 20.9 Å². The van der Waals surface area contributed by atoms with E-state index in [2.05, 4.69) is 39.0 Å². The Bertz CT molecular complexity index is 1810. The molecule has 10 nitrogen and oxygen atoms in total. The molecule has 5 aromatic rings. The zero-order valence-electron chi connectivity index (χ0n) is 27.7. The highest BCUT2D eigenvalue weighted by Crippen LogP contribution is 2.26. The van der Waals surface area contributed by atoms with Crippen LogP contribution in [0, 0.1) is 11.6 Å². The summed E-state index contributed by atoms with van der Waals surface area (Å²) in [5.41, 5.74) is 12.2. The lowest BCUT2D eigenvalue weighted by atomic mass is 10.2. The Hall–Kier alpha value is -5.24. The van der Waals surface area contributed by atoms with Crippen molar-refractivity contribution in [2.45, 2.75) is 45.7 Å². The molecule has 0 radical (unpaired) electrons. The number of hydrogen-bond donors (Lipinski definition) is 4. The fraction of sp³-hybridized carbons (Fsp3) is 0.243. The minimum absolute atomic E-state index is 0.0981. The summed E-state index contributed by atoms with van der Waals surface area (Å²) < 4.78 is 39.3. The lowest BCUT2D eigenvalue weighted by molar-refractivity contribution is 0.0987. The summed E-state index contributed by atoms with van der Waals surface area (Å²) >= 11 is 1.73. The number of nitrogens with two attached hydrogens (primary N) is 2. The first-order valence-electron chi connectivity index (χ1n) is 16.1. The van der Waals surface area contributed by atoms with Gasteiger partial charge in [-0.1, -0.05) is 38.0 Å². The molecule has 2 aromatic carbocycles. The van der Waals surface area contributed by atoms with E-state index >= 15 is 0 Å². The van der Waals surface area contributed by atoms with Gasteiger partial charge < -0.3 is 31.6 Å². The van der Waals surface area contributed by atoms with Crippen LogP contribution in [0.2, 0.25) is 0 Å². The molecule has 13 heteroatoms. The summed E-state index contributed by atoms with van der Waals surface area (Å²) in [4.78, 5) is 31.0. The van der Waals surface area contributed by atoms with Crippen LogP contribution in [0.4, 0.5) is 8.78 Å². The van der Waals surface area contributed by atoms with Crippen LogP contribution in [0.15, 0.2) is 90.6 Å². The second-order valence-corrected chi connectivity index (χ2v) is 12.1. The van der Waals surface area contributed by atoms with Gasteiger partial charge in [0.2, 0.25) is 0 Å². The fourth-order valence-electron chi connectivity index (χ4n) is 4.53. The normalized spacial score (nSPS) is 10.6. The zero-order valence-corrected chi connectivity index (χ0v) is 28.5. The van der Waals surface area contributed by atoms with Crippen molar-refractivity contribution in [2.24, 2.45) is 11.5 Å². The molecule has 0 aliphatic heterocycles. The third-order valence-electron chi connectivity index (χ3n) is 7.17. The molecule has 0 aliphatic rings. The number of nitrogens with one attached hydrogen (secondary N) is 2. The number of unbranched alkanes of at least 4 members (excludes halogenated alkanes) is 2. The first-order chi connectivity index (χ1) is 24.2. The highest BCUT2D eigenvalue weighted by Gasteiger charge is 2.10. The molecule has 0 fully saturated rings. The highest BCUT2D eigenvalue weighted by molar-refractivity contribution is 7.09. The molecule has 50 heavy (non-hydrogen) atoms. The Morgan fingerprint density at radius 3 is 1.70 bits per heavy atom. The monoisotopic (exact) mass is 702 g/mol. The van der Waals surface area contributed by atoms with Crippen molar-refractivity contribution in [1.29, 1.82) is 0 Å². The quantitative estimate of drug-likeness (QED) is 0.0764.